The maximum Gasteiger partial charge on any atom is 0.141 e. The second-order valence-corrected chi connectivity index (χ2v) is 8.96. The van der Waals surface area contributed by atoms with Crippen LogP contribution in [0.1, 0.15) is 29.1 Å². The Balaban J connectivity index is 1.45. The van der Waals surface area contributed by atoms with E-state index in [1.807, 2.05) is 30.4 Å². The van der Waals surface area contributed by atoms with E-state index in [2.05, 4.69) is 21.9 Å². The van der Waals surface area contributed by atoms with E-state index in [9.17, 15) is 0 Å². The highest BCUT2D eigenvalue weighted by atomic mass is 35.5. The lowest BCUT2D eigenvalue weighted by atomic mass is 9.97. The number of aromatic nitrogens is 2. The maximum atomic E-state index is 6.17. The predicted molar refractivity (Wildman–Crippen MR) is 115 cm³/mol. The minimum absolute atomic E-state index is 0.799. The molecule has 0 bridgehead atoms. The van der Waals surface area contributed by atoms with E-state index in [1.54, 1.807) is 0 Å². The van der Waals surface area contributed by atoms with Crippen LogP contribution in [0.25, 0.3) is 10.2 Å². The van der Waals surface area contributed by atoms with Crippen LogP contribution in [0.3, 0.4) is 0 Å². The fraction of sp³-hybridized carbons (Fsp3) is 0.429. The Morgan fingerprint density at radius 3 is 2.59 bits per heavy atom. The normalized spacial score (nSPS) is 17.4. The molecule has 0 N–H and O–H groups in total. The first-order valence-corrected chi connectivity index (χ1v) is 10.9. The molecule has 3 aromatic rings. The molecule has 2 aromatic heterocycles. The summed E-state index contributed by atoms with van der Waals surface area (Å²) >= 11 is 8.06. The summed E-state index contributed by atoms with van der Waals surface area (Å²) in [6.07, 6.45) is 4.98. The first-order chi connectivity index (χ1) is 13.2. The van der Waals surface area contributed by atoms with Gasteiger partial charge in [0.25, 0.3) is 0 Å². The van der Waals surface area contributed by atoms with Gasteiger partial charge in [0.15, 0.2) is 0 Å². The Morgan fingerprint density at radius 1 is 1.00 bits per heavy atom. The molecule has 0 spiro atoms. The molecule has 4 nitrogen and oxygen atoms in total. The molecule has 1 aromatic carbocycles. The fourth-order valence-electron chi connectivity index (χ4n) is 4.32. The number of hydrogen-bond donors (Lipinski definition) is 0. The van der Waals surface area contributed by atoms with Crippen molar-refractivity contribution in [3.63, 3.8) is 0 Å². The summed E-state index contributed by atoms with van der Waals surface area (Å²) in [6.45, 7) is 5.93. The van der Waals surface area contributed by atoms with Crippen LogP contribution in [0.15, 0.2) is 24.3 Å². The topological polar surface area (TPSA) is 32.3 Å². The Labute approximate surface area is 168 Å². The first-order valence-electron chi connectivity index (χ1n) is 9.73. The number of halogens is 1. The number of thiophene rings is 1. The van der Waals surface area contributed by atoms with Crippen LogP contribution in [-0.2, 0) is 12.8 Å². The molecule has 6 heteroatoms. The van der Waals surface area contributed by atoms with Crippen molar-refractivity contribution in [1.82, 2.24) is 9.97 Å². The second kappa shape index (κ2) is 6.95. The molecule has 1 fully saturated rings. The third kappa shape index (κ3) is 3.17. The van der Waals surface area contributed by atoms with Crippen molar-refractivity contribution in [3.8, 4) is 0 Å². The molecule has 0 radical (unpaired) electrons. The fourth-order valence-corrected chi connectivity index (χ4v) is 5.81. The largest absolute Gasteiger partial charge is 0.368 e. The number of anilines is 2. The Bertz CT molecular complexity index is 991. The summed E-state index contributed by atoms with van der Waals surface area (Å²) in [5.41, 5.74) is 2.73. The van der Waals surface area contributed by atoms with Gasteiger partial charge in [0.05, 0.1) is 5.39 Å². The molecule has 27 heavy (non-hydrogen) atoms. The summed E-state index contributed by atoms with van der Waals surface area (Å²) in [5, 5.41) is 2.13. The molecule has 3 heterocycles. The Kier molecular flexibility index (Phi) is 4.44. The monoisotopic (exact) mass is 398 g/mol. The maximum absolute atomic E-state index is 6.17. The molecule has 0 amide bonds. The third-order valence-electron chi connectivity index (χ3n) is 5.66. The lowest BCUT2D eigenvalue weighted by Gasteiger charge is -2.37. The van der Waals surface area contributed by atoms with Gasteiger partial charge < -0.3 is 9.80 Å². The van der Waals surface area contributed by atoms with Crippen molar-refractivity contribution in [2.24, 2.45) is 0 Å². The van der Waals surface area contributed by atoms with Gasteiger partial charge in [-0.3, -0.25) is 0 Å². The highest BCUT2D eigenvalue weighted by Gasteiger charge is 2.25. The van der Waals surface area contributed by atoms with Crippen LogP contribution in [-0.4, -0.2) is 36.1 Å². The van der Waals surface area contributed by atoms with E-state index < -0.39 is 0 Å². The number of fused-ring (bicyclic) bond motifs is 3. The lowest BCUT2D eigenvalue weighted by Crippen LogP contribution is -2.47. The molecule has 0 unspecified atom stereocenters. The zero-order valence-corrected chi connectivity index (χ0v) is 17.1. The van der Waals surface area contributed by atoms with E-state index in [-0.39, 0.29) is 0 Å². The molecule has 5 rings (SSSR count). The van der Waals surface area contributed by atoms with Crippen LogP contribution in [0.5, 0.6) is 0 Å². The van der Waals surface area contributed by atoms with Gasteiger partial charge in [-0.1, -0.05) is 17.7 Å². The van der Waals surface area contributed by atoms with Gasteiger partial charge in [0, 0.05) is 41.8 Å². The molecule has 1 saturated heterocycles. The standard InChI is InChI=1S/C21H23ClN4S/c1-14-23-20(19-17-7-2-3-8-18(17)27-21(19)24-14)26-11-9-25(10-12-26)16-6-4-5-15(22)13-16/h4-6,13H,2-3,7-12H2,1H3. The van der Waals surface area contributed by atoms with Crippen LogP contribution >= 0.6 is 22.9 Å². The zero-order valence-electron chi connectivity index (χ0n) is 15.5. The molecule has 1 aliphatic carbocycles. The van der Waals surface area contributed by atoms with Crippen molar-refractivity contribution in [1.29, 1.82) is 0 Å². The minimum atomic E-state index is 0.799. The van der Waals surface area contributed by atoms with Crippen molar-refractivity contribution >= 4 is 44.7 Å². The van der Waals surface area contributed by atoms with Gasteiger partial charge in [-0.15, -0.1) is 11.3 Å². The van der Waals surface area contributed by atoms with Gasteiger partial charge in [-0.2, -0.15) is 0 Å². The van der Waals surface area contributed by atoms with Gasteiger partial charge in [0.1, 0.15) is 16.5 Å². The quantitative estimate of drug-likeness (QED) is 0.617. The average molecular weight is 399 g/mol. The molecule has 2 aliphatic rings. The summed E-state index contributed by atoms with van der Waals surface area (Å²) in [6, 6.07) is 8.16. The molecule has 0 saturated carbocycles. The Hall–Kier alpha value is -1.85. The molecule has 1 aliphatic heterocycles. The molecular weight excluding hydrogens is 376 g/mol. The van der Waals surface area contributed by atoms with Gasteiger partial charge in [0.2, 0.25) is 0 Å². The summed E-state index contributed by atoms with van der Waals surface area (Å²) in [4.78, 5) is 17.3. The van der Waals surface area contributed by atoms with E-state index in [4.69, 9.17) is 21.6 Å². The summed E-state index contributed by atoms with van der Waals surface area (Å²) < 4.78 is 0. The number of aryl methyl sites for hydroxylation is 3. The van der Waals surface area contributed by atoms with Gasteiger partial charge >= 0.3 is 0 Å². The summed E-state index contributed by atoms with van der Waals surface area (Å²) in [5.74, 6) is 2.04. The molecule has 140 valence electrons. The molecular formula is C21H23ClN4S. The van der Waals surface area contributed by atoms with Gasteiger partial charge in [-0.05, 0) is 56.4 Å². The highest BCUT2D eigenvalue weighted by molar-refractivity contribution is 7.19. The lowest BCUT2D eigenvalue weighted by molar-refractivity contribution is 0.647. The van der Waals surface area contributed by atoms with Crippen LogP contribution in [0.4, 0.5) is 11.5 Å². The predicted octanol–water partition coefficient (Wildman–Crippen LogP) is 4.86. The number of piperazine rings is 1. The van der Waals surface area contributed by atoms with E-state index in [1.165, 1.54) is 52.0 Å². The van der Waals surface area contributed by atoms with E-state index >= 15 is 0 Å². The van der Waals surface area contributed by atoms with Crippen molar-refractivity contribution in [3.05, 3.63) is 45.6 Å². The number of rotatable bonds is 2. The zero-order chi connectivity index (χ0) is 18.4. The van der Waals surface area contributed by atoms with Crippen LogP contribution in [0, 0.1) is 6.92 Å². The van der Waals surface area contributed by atoms with E-state index in [0.717, 1.165) is 42.8 Å². The van der Waals surface area contributed by atoms with Gasteiger partial charge in [-0.25, -0.2) is 9.97 Å². The Morgan fingerprint density at radius 2 is 1.78 bits per heavy atom. The third-order valence-corrected chi connectivity index (χ3v) is 7.08. The molecule has 0 atom stereocenters. The van der Waals surface area contributed by atoms with E-state index in [0.29, 0.717) is 0 Å². The van der Waals surface area contributed by atoms with Crippen molar-refractivity contribution in [2.75, 3.05) is 36.0 Å². The number of benzene rings is 1. The second-order valence-electron chi connectivity index (χ2n) is 7.44. The van der Waals surface area contributed by atoms with Crippen LogP contribution in [0.2, 0.25) is 5.02 Å². The number of hydrogen-bond acceptors (Lipinski definition) is 5. The highest BCUT2D eigenvalue weighted by Crippen LogP contribution is 2.40. The van der Waals surface area contributed by atoms with Crippen molar-refractivity contribution in [2.45, 2.75) is 32.6 Å². The summed E-state index contributed by atoms with van der Waals surface area (Å²) in [7, 11) is 0. The smallest absolute Gasteiger partial charge is 0.141 e. The van der Waals surface area contributed by atoms with Crippen molar-refractivity contribution < 1.29 is 0 Å². The minimum Gasteiger partial charge on any atom is -0.368 e. The first kappa shape index (κ1) is 17.3. The average Bonchev–Trinajstić information content (AvgIpc) is 3.05. The van der Waals surface area contributed by atoms with Crippen LogP contribution < -0.4 is 9.80 Å². The number of nitrogens with zero attached hydrogens (tertiary/aromatic N) is 4. The SMILES string of the molecule is Cc1nc(N2CCN(c3cccc(Cl)c3)CC2)c2c3c(sc2n1)CCCC3.